The second kappa shape index (κ2) is 6.26. The molecular formula is C23H25BO2. The molecule has 0 atom stereocenters. The van der Waals surface area contributed by atoms with E-state index in [1.807, 2.05) is 0 Å². The minimum atomic E-state index is -0.357. The van der Waals surface area contributed by atoms with E-state index in [2.05, 4.69) is 94.4 Å². The lowest BCUT2D eigenvalue weighted by Crippen LogP contribution is -2.41. The second-order valence-corrected chi connectivity index (χ2v) is 8.11. The van der Waals surface area contributed by atoms with Gasteiger partial charge in [0, 0.05) is 0 Å². The van der Waals surface area contributed by atoms with Gasteiger partial charge < -0.3 is 9.31 Å². The van der Waals surface area contributed by atoms with Crippen molar-refractivity contribution < 1.29 is 9.31 Å². The van der Waals surface area contributed by atoms with Gasteiger partial charge in [-0.3, -0.25) is 0 Å². The molecule has 0 radical (unpaired) electrons. The maximum atomic E-state index is 6.41. The highest BCUT2D eigenvalue weighted by atomic mass is 16.7. The molecule has 0 spiro atoms. The van der Waals surface area contributed by atoms with E-state index in [-0.39, 0.29) is 18.3 Å². The number of rotatable bonds is 3. The zero-order chi connectivity index (χ0) is 18.4. The van der Waals surface area contributed by atoms with Crippen molar-refractivity contribution in [1.29, 1.82) is 0 Å². The van der Waals surface area contributed by atoms with Crippen molar-refractivity contribution in [2.24, 2.45) is 0 Å². The third-order valence-electron chi connectivity index (χ3n) is 5.79. The van der Waals surface area contributed by atoms with Crippen LogP contribution in [-0.4, -0.2) is 18.3 Å². The Balaban J connectivity index is 1.84. The predicted octanol–water partition coefficient (Wildman–Crippen LogP) is 4.73. The van der Waals surface area contributed by atoms with E-state index in [0.29, 0.717) is 0 Å². The average molecular weight is 344 g/mol. The molecule has 0 aromatic heterocycles. The van der Waals surface area contributed by atoms with Crippen LogP contribution in [0.3, 0.4) is 0 Å². The van der Waals surface area contributed by atoms with Crippen LogP contribution in [-0.2, 0) is 15.7 Å². The summed E-state index contributed by atoms with van der Waals surface area (Å²) in [5.41, 5.74) is 3.01. The molecular weight excluding hydrogens is 319 g/mol. The van der Waals surface area contributed by atoms with Gasteiger partial charge in [0.05, 0.1) is 11.2 Å². The molecule has 0 saturated carbocycles. The minimum absolute atomic E-state index is 0.349. The minimum Gasteiger partial charge on any atom is -0.399 e. The standard InChI is InChI=1S/C23H25BO2/c1-22(2)23(3,4)26-24(25-22)21-19(16-17-10-6-5-7-11-17)15-14-18-12-8-9-13-20(18)21/h5-15H,16H2,1-4H3. The molecule has 0 unspecified atom stereocenters. The predicted molar refractivity (Wildman–Crippen MR) is 109 cm³/mol. The molecule has 132 valence electrons. The Hall–Kier alpha value is -2.10. The van der Waals surface area contributed by atoms with E-state index in [4.69, 9.17) is 9.31 Å². The topological polar surface area (TPSA) is 18.5 Å². The van der Waals surface area contributed by atoms with Gasteiger partial charge in [-0.2, -0.15) is 0 Å². The van der Waals surface area contributed by atoms with Gasteiger partial charge in [0.2, 0.25) is 0 Å². The first kappa shape index (κ1) is 17.3. The molecule has 0 N–H and O–H groups in total. The van der Waals surface area contributed by atoms with Crippen LogP contribution in [0.15, 0.2) is 66.7 Å². The van der Waals surface area contributed by atoms with Gasteiger partial charge in [-0.05, 0) is 61.5 Å². The molecule has 1 aliphatic heterocycles. The fraction of sp³-hybridized carbons (Fsp3) is 0.304. The maximum absolute atomic E-state index is 6.41. The first-order valence-electron chi connectivity index (χ1n) is 9.27. The summed E-state index contributed by atoms with van der Waals surface area (Å²) in [6.07, 6.45) is 0.866. The molecule has 3 aromatic carbocycles. The Morgan fingerprint density at radius 3 is 2.04 bits per heavy atom. The first-order valence-corrected chi connectivity index (χ1v) is 9.27. The molecule has 3 aromatic rings. The van der Waals surface area contributed by atoms with Crippen LogP contribution in [0.2, 0.25) is 0 Å². The smallest absolute Gasteiger partial charge is 0.399 e. The summed E-state index contributed by atoms with van der Waals surface area (Å²) >= 11 is 0. The average Bonchev–Trinajstić information content (AvgIpc) is 2.83. The van der Waals surface area contributed by atoms with Crippen LogP contribution in [0, 0.1) is 0 Å². The molecule has 0 amide bonds. The lowest BCUT2D eigenvalue weighted by Gasteiger charge is -2.32. The lowest BCUT2D eigenvalue weighted by atomic mass is 9.72. The van der Waals surface area contributed by atoms with Crippen molar-refractivity contribution in [1.82, 2.24) is 0 Å². The van der Waals surface area contributed by atoms with Crippen LogP contribution in [0.25, 0.3) is 10.8 Å². The Labute approximate surface area is 156 Å². The third kappa shape index (κ3) is 2.96. The van der Waals surface area contributed by atoms with Crippen molar-refractivity contribution in [3.8, 4) is 0 Å². The van der Waals surface area contributed by atoms with E-state index in [9.17, 15) is 0 Å². The molecule has 1 saturated heterocycles. The Morgan fingerprint density at radius 2 is 1.35 bits per heavy atom. The monoisotopic (exact) mass is 344 g/mol. The number of hydrogen-bond acceptors (Lipinski definition) is 2. The van der Waals surface area contributed by atoms with Crippen LogP contribution in [0.5, 0.6) is 0 Å². The molecule has 1 aliphatic rings. The Kier molecular flexibility index (Phi) is 4.17. The summed E-state index contributed by atoms with van der Waals surface area (Å²) < 4.78 is 12.8. The zero-order valence-corrected chi connectivity index (χ0v) is 16.0. The van der Waals surface area contributed by atoms with Gasteiger partial charge >= 0.3 is 7.12 Å². The van der Waals surface area contributed by atoms with Crippen molar-refractivity contribution in [3.05, 3.63) is 77.9 Å². The number of hydrogen-bond donors (Lipinski definition) is 0. The summed E-state index contributed by atoms with van der Waals surface area (Å²) in [6.45, 7) is 8.42. The number of fused-ring (bicyclic) bond motifs is 1. The largest absolute Gasteiger partial charge is 0.495 e. The van der Waals surface area contributed by atoms with Crippen LogP contribution < -0.4 is 5.46 Å². The molecule has 0 aliphatic carbocycles. The zero-order valence-electron chi connectivity index (χ0n) is 16.0. The summed E-state index contributed by atoms with van der Waals surface area (Å²) in [6, 6.07) is 23.5. The van der Waals surface area contributed by atoms with Crippen LogP contribution in [0.4, 0.5) is 0 Å². The summed E-state index contributed by atoms with van der Waals surface area (Å²) in [7, 11) is -0.357. The highest BCUT2D eigenvalue weighted by molar-refractivity contribution is 6.65. The second-order valence-electron chi connectivity index (χ2n) is 8.11. The van der Waals surface area contributed by atoms with Gasteiger partial charge in [0.25, 0.3) is 0 Å². The van der Waals surface area contributed by atoms with Gasteiger partial charge in [-0.1, -0.05) is 66.7 Å². The molecule has 3 heteroatoms. The molecule has 0 bridgehead atoms. The Bertz CT molecular complexity index is 915. The van der Waals surface area contributed by atoms with Gasteiger partial charge in [-0.15, -0.1) is 0 Å². The van der Waals surface area contributed by atoms with Gasteiger partial charge in [0.15, 0.2) is 0 Å². The highest BCUT2D eigenvalue weighted by Crippen LogP contribution is 2.37. The van der Waals surface area contributed by atoms with Crippen LogP contribution in [0.1, 0.15) is 38.8 Å². The maximum Gasteiger partial charge on any atom is 0.495 e. The van der Waals surface area contributed by atoms with Crippen LogP contribution >= 0.6 is 0 Å². The third-order valence-corrected chi connectivity index (χ3v) is 5.79. The van der Waals surface area contributed by atoms with E-state index in [0.717, 1.165) is 11.9 Å². The van der Waals surface area contributed by atoms with E-state index < -0.39 is 0 Å². The first-order chi connectivity index (χ1) is 12.4. The normalized spacial score (nSPS) is 18.4. The molecule has 26 heavy (non-hydrogen) atoms. The summed E-state index contributed by atoms with van der Waals surface area (Å²) in [4.78, 5) is 0. The lowest BCUT2D eigenvalue weighted by molar-refractivity contribution is 0.00578. The van der Waals surface area contributed by atoms with Gasteiger partial charge in [0.1, 0.15) is 0 Å². The number of benzene rings is 3. The van der Waals surface area contributed by atoms with Crippen molar-refractivity contribution in [2.75, 3.05) is 0 Å². The van der Waals surface area contributed by atoms with Crippen molar-refractivity contribution >= 4 is 23.4 Å². The van der Waals surface area contributed by atoms with Crippen molar-refractivity contribution in [3.63, 3.8) is 0 Å². The van der Waals surface area contributed by atoms with E-state index >= 15 is 0 Å². The molecule has 4 rings (SSSR count). The van der Waals surface area contributed by atoms with Crippen molar-refractivity contribution in [2.45, 2.75) is 45.3 Å². The van der Waals surface area contributed by atoms with Gasteiger partial charge in [-0.25, -0.2) is 0 Å². The van der Waals surface area contributed by atoms with E-state index in [1.165, 1.54) is 21.9 Å². The summed E-state index contributed by atoms with van der Waals surface area (Å²) in [5.74, 6) is 0. The van der Waals surface area contributed by atoms with E-state index in [1.54, 1.807) is 0 Å². The SMILES string of the molecule is CC1(C)OB(c2c(Cc3ccccc3)ccc3ccccc23)OC1(C)C. The summed E-state index contributed by atoms with van der Waals surface area (Å²) in [5, 5.41) is 2.42. The highest BCUT2D eigenvalue weighted by Gasteiger charge is 2.52. The molecule has 1 fully saturated rings. The molecule has 2 nitrogen and oxygen atoms in total. The Morgan fingerprint density at radius 1 is 0.731 bits per heavy atom. The fourth-order valence-electron chi connectivity index (χ4n) is 3.55. The fourth-order valence-corrected chi connectivity index (χ4v) is 3.55. The molecule has 1 heterocycles. The quantitative estimate of drug-likeness (QED) is 0.640.